The molecule has 2 aromatic rings. The lowest BCUT2D eigenvalue weighted by atomic mass is 10.2. The second-order valence-corrected chi connectivity index (χ2v) is 5.99. The molecule has 1 aliphatic rings. The summed E-state index contributed by atoms with van der Waals surface area (Å²) >= 11 is 1.50. The minimum Gasteiger partial charge on any atom is -0.397 e. The van der Waals surface area contributed by atoms with Crippen molar-refractivity contribution in [2.75, 3.05) is 39.0 Å². The fraction of sp³-hybridized carbons (Fsp3) is 0.357. The number of benzene rings is 1. The van der Waals surface area contributed by atoms with E-state index in [2.05, 4.69) is 11.9 Å². The van der Waals surface area contributed by atoms with Gasteiger partial charge in [-0.3, -0.25) is 4.79 Å². The van der Waals surface area contributed by atoms with Crippen LogP contribution in [0.25, 0.3) is 10.1 Å². The van der Waals surface area contributed by atoms with Crippen molar-refractivity contribution in [1.82, 2.24) is 9.80 Å². The minimum absolute atomic E-state index is 0.0757. The number of nitrogens with zero attached hydrogens (tertiary/aromatic N) is 2. The summed E-state index contributed by atoms with van der Waals surface area (Å²) < 4.78 is 1.08. The Kier molecular flexibility index (Phi) is 3.16. The zero-order valence-corrected chi connectivity index (χ0v) is 11.7. The molecule has 19 heavy (non-hydrogen) atoms. The molecular weight excluding hydrogens is 258 g/mol. The molecule has 1 aromatic heterocycles. The maximum absolute atomic E-state index is 12.5. The van der Waals surface area contributed by atoms with Crippen molar-refractivity contribution in [3.05, 3.63) is 29.1 Å². The number of hydrogen-bond acceptors (Lipinski definition) is 4. The number of anilines is 1. The highest BCUT2D eigenvalue weighted by molar-refractivity contribution is 7.21. The lowest BCUT2D eigenvalue weighted by molar-refractivity contribution is 0.0670. The van der Waals surface area contributed by atoms with Crippen LogP contribution in [0.1, 0.15) is 9.67 Å². The van der Waals surface area contributed by atoms with Gasteiger partial charge in [0.1, 0.15) is 4.88 Å². The van der Waals surface area contributed by atoms with Crippen LogP contribution in [0.2, 0.25) is 0 Å². The molecule has 1 saturated heterocycles. The molecule has 0 atom stereocenters. The third-order valence-corrected chi connectivity index (χ3v) is 4.79. The number of thiophene rings is 1. The average Bonchev–Trinajstić information content (AvgIpc) is 2.77. The van der Waals surface area contributed by atoms with E-state index < -0.39 is 0 Å². The second kappa shape index (κ2) is 4.83. The first-order valence-corrected chi connectivity index (χ1v) is 7.23. The monoisotopic (exact) mass is 275 g/mol. The molecule has 1 aromatic carbocycles. The van der Waals surface area contributed by atoms with E-state index in [0.29, 0.717) is 10.6 Å². The molecule has 0 aliphatic carbocycles. The van der Waals surface area contributed by atoms with Crippen LogP contribution in [-0.2, 0) is 0 Å². The summed E-state index contributed by atoms with van der Waals surface area (Å²) in [5.41, 5.74) is 6.76. The fourth-order valence-corrected chi connectivity index (χ4v) is 3.47. The van der Waals surface area contributed by atoms with Crippen molar-refractivity contribution in [2.45, 2.75) is 0 Å². The molecule has 0 unspecified atom stereocenters. The molecule has 2 heterocycles. The quantitative estimate of drug-likeness (QED) is 0.864. The minimum atomic E-state index is 0.0757. The van der Waals surface area contributed by atoms with E-state index in [9.17, 15) is 4.79 Å². The third-order valence-electron chi connectivity index (χ3n) is 3.62. The van der Waals surface area contributed by atoms with Gasteiger partial charge in [0.25, 0.3) is 5.91 Å². The van der Waals surface area contributed by atoms with Crippen LogP contribution < -0.4 is 5.73 Å². The van der Waals surface area contributed by atoms with Crippen LogP contribution in [0.15, 0.2) is 24.3 Å². The molecule has 0 saturated carbocycles. The molecule has 1 aliphatic heterocycles. The predicted molar refractivity (Wildman–Crippen MR) is 79.6 cm³/mol. The summed E-state index contributed by atoms with van der Waals surface area (Å²) in [7, 11) is 2.08. The number of rotatable bonds is 1. The maximum atomic E-state index is 12.5. The topological polar surface area (TPSA) is 49.6 Å². The summed E-state index contributed by atoms with van der Waals surface area (Å²) in [5, 5.41) is 0.991. The Morgan fingerprint density at radius 1 is 1.21 bits per heavy atom. The molecule has 0 spiro atoms. The van der Waals surface area contributed by atoms with Gasteiger partial charge < -0.3 is 15.5 Å². The van der Waals surface area contributed by atoms with Gasteiger partial charge in [0.15, 0.2) is 0 Å². The largest absolute Gasteiger partial charge is 0.397 e. The fourth-order valence-electron chi connectivity index (χ4n) is 2.38. The number of amides is 1. The maximum Gasteiger partial charge on any atom is 0.266 e. The highest BCUT2D eigenvalue weighted by atomic mass is 32.1. The first-order chi connectivity index (χ1) is 9.16. The van der Waals surface area contributed by atoms with Crippen LogP contribution >= 0.6 is 11.3 Å². The number of nitrogens with two attached hydrogens (primary N) is 1. The molecular formula is C14H17N3OS. The van der Waals surface area contributed by atoms with Gasteiger partial charge in [-0.1, -0.05) is 18.2 Å². The zero-order chi connectivity index (χ0) is 13.4. The Balaban J connectivity index is 1.91. The van der Waals surface area contributed by atoms with Gasteiger partial charge in [-0.2, -0.15) is 0 Å². The van der Waals surface area contributed by atoms with Gasteiger partial charge in [-0.25, -0.2) is 0 Å². The Bertz CT molecular complexity index is 614. The Morgan fingerprint density at radius 3 is 2.58 bits per heavy atom. The molecule has 4 nitrogen and oxygen atoms in total. The molecule has 0 bridgehead atoms. The van der Waals surface area contributed by atoms with Crippen LogP contribution in [0.4, 0.5) is 5.69 Å². The van der Waals surface area contributed by atoms with Gasteiger partial charge in [-0.15, -0.1) is 11.3 Å². The summed E-state index contributed by atoms with van der Waals surface area (Å²) in [5.74, 6) is 0.0757. The van der Waals surface area contributed by atoms with Crippen molar-refractivity contribution >= 4 is 33.0 Å². The van der Waals surface area contributed by atoms with E-state index >= 15 is 0 Å². The molecule has 0 radical (unpaired) electrons. The van der Waals surface area contributed by atoms with E-state index in [1.54, 1.807) is 0 Å². The highest BCUT2D eigenvalue weighted by Crippen LogP contribution is 2.34. The smallest absolute Gasteiger partial charge is 0.266 e. The summed E-state index contributed by atoms with van der Waals surface area (Å²) in [6.07, 6.45) is 0. The molecule has 100 valence electrons. The molecule has 1 amide bonds. The van der Waals surface area contributed by atoms with E-state index in [4.69, 9.17) is 5.73 Å². The van der Waals surface area contributed by atoms with Gasteiger partial charge in [0.2, 0.25) is 0 Å². The number of hydrogen-bond donors (Lipinski definition) is 1. The van der Waals surface area contributed by atoms with Crippen molar-refractivity contribution < 1.29 is 4.79 Å². The van der Waals surface area contributed by atoms with Gasteiger partial charge in [0.05, 0.1) is 5.69 Å². The third kappa shape index (κ3) is 2.19. The first-order valence-electron chi connectivity index (χ1n) is 6.41. The average molecular weight is 275 g/mol. The Morgan fingerprint density at radius 2 is 1.89 bits per heavy atom. The summed E-state index contributed by atoms with van der Waals surface area (Å²) in [6.45, 7) is 3.42. The number of nitrogen functional groups attached to an aromatic ring is 1. The Labute approximate surface area is 116 Å². The zero-order valence-electron chi connectivity index (χ0n) is 10.9. The normalized spacial score (nSPS) is 17.0. The number of fused-ring (bicyclic) bond motifs is 1. The van der Waals surface area contributed by atoms with Crippen molar-refractivity contribution in [3.8, 4) is 0 Å². The summed E-state index contributed by atoms with van der Waals surface area (Å²) in [4.78, 5) is 17.4. The first kappa shape index (κ1) is 12.4. The van der Waals surface area contributed by atoms with Crippen LogP contribution in [0.5, 0.6) is 0 Å². The van der Waals surface area contributed by atoms with Gasteiger partial charge in [0, 0.05) is 36.3 Å². The van der Waals surface area contributed by atoms with Crippen LogP contribution in [0, 0.1) is 0 Å². The lowest BCUT2D eigenvalue weighted by Gasteiger charge is -2.32. The van der Waals surface area contributed by atoms with Crippen LogP contribution in [0.3, 0.4) is 0 Å². The number of carbonyl (C=O) groups is 1. The Hall–Kier alpha value is -1.59. The van der Waals surface area contributed by atoms with E-state index in [-0.39, 0.29) is 5.91 Å². The summed E-state index contributed by atoms with van der Waals surface area (Å²) in [6, 6.07) is 7.91. The predicted octanol–water partition coefficient (Wildman–Crippen LogP) is 1.87. The molecule has 3 rings (SSSR count). The van der Waals surface area contributed by atoms with Crippen molar-refractivity contribution in [2.24, 2.45) is 0 Å². The second-order valence-electron chi connectivity index (χ2n) is 4.94. The van der Waals surface area contributed by atoms with Crippen molar-refractivity contribution in [1.29, 1.82) is 0 Å². The van der Waals surface area contributed by atoms with Crippen LogP contribution in [-0.4, -0.2) is 48.9 Å². The highest BCUT2D eigenvalue weighted by Gasteiger charge is 2.24. The lowest BCUT2D eigenvalue weighted by Crippen LogP contribution is -2.47. The van der Waals surface area contributed by atoms with Crippen molar-refractivity contribution in [3.63, 3.8) is 0 Å². The number of likely N-dealkylation sites (N-methyl/N-ethyl adjacent to an activating group) is 1. The van der Waals surface area contributed by atoms with E-state index in [0.717, 1.165) is 36.3 Å². The van der Waals surface area contributed by atoms with E-state index in [1.165, 1.54) is 11.3 Å². The number of piperazine rings is 1. The molecule has 5 heteroatoms. The molecule has 1 fully saturated rings. The number of carbonyl (C=O) groups excluding carboxylic acids is 1. The molecule has 2 N–H and O–H groups in total. The van der Waals surface area contributed by atoms with Gasteiger partial charge >= 0.3 is 0 Å². The van der Waals surface area contributed by atoms with Gasteiger partial charge in [-0.05, 0) is 13.1 Å². The van der Waals surface area contributed by atoms with E-state index in [1.807, 2.05) is 29.2 Å². The SMILES string of the molecule is CN1CCN(C(=O)c2sc3ccccc3c2N)CC1. The standard InChI is InChI=1S/C14H17N3OS/c1-16-6-8-17(9-7-16)14(18)13-12(15)10-4-2-3-5-11(10)19-13/h2-5H,6-9,15H2,1H3.